The summed E-state index contributed by atoms with van der Waals surface area (Å²) in [5.41, 5.74) is 3.32. The minimum atomic E-state index is -0.549. The molecule has 0 saturated heterocycles. The molecule has 1 aromatic carbocycles. The molecule has 0 fully saturated rings. The monoisotopic (exact) mass is 441 g/mol. The van der Waals surface area contributed by atoms with Crippen molar-refractivity contribution in [2.24, 2.45) is 7.05 Å². The molecule has 4 aromatic rings. The van der Waals surface area contributed by atoms with Gasteiger partial charge in [-0.1, -0.05) is 18.2 Å². The Labute approximate surface area is 188 Å². The van der Waals surface area contributed by atoms with Gasteiger partial charge in [0.15, 0.2) is 5.58 Å². The number of rotatable bonds is 3. The summed E-state index contributed by atoms with van der Waals surface area (Å²) >= 11 is 1.73. The highest BCUT2D eigenvalue weighted by atomic mass is 32.1. The molecule has 0 aliphatic carbocycles. The molecular formula is C25H19N3O3S. The van der Waals surface area contributed by atoms with E-state index in [2.05, 4.69) is 22.8 Å². The van der Waals surface area contributed by atoms with Gasteiger partial charge in [0, 0.05) is 36.0 Å². The van der Waals surface area contributed by atoms with E-state index in [1.165, 1.54) is 10.1 Å². The molecular weight excluding hydrogens is 422 g/mol. The first-order valence-corrected chi connectivity index (χ1v) is 11.0. The van der Waals surface area contributed by atoms with Gasteiger partial charge >= 0.3 is 0 Å². The first-order valence-electron chi connectivity index (χ1n) is 10.2. The lowest BCUT2D eigenvalue weighted by atomic mass is 9.95. The number of furan rings is 1. The fourth-order valence-corrected chi connectivity index (χ4v) is 5.22. The Bertz CT molecular complexity index is 1500. The van der Waals surface area contributed by atoms with Gasteiger partial charge in [0.1, 0.15) is 17.4 Å². The summed E-state index contributed by atoms with van der Waals surface area (Å²) in [5, 5.41) is 10.6. The van der Waals surface area contributed by atoms with Gasteiger partial charge in [0.25, 0.3) is 11.8 Å². The van der Waals surface area contributed by atoms with Crippen LogP contribution in [0.4, 0.5) is 0 Å². The number of hydrogen-bond donors (Lipinski definition) is 0. The summed E-state index contributed by atoms with van der Waals surface area (Å²) in [4.78, 5) is 27.4. The highest BCUT2D eigenvalue weighted by molar-refractivity contribution is 7.22. The number of nitriles is 1. The quantitative estimate of drug-likeness (QED) is 0.321. The van der Waals surface area contributed by atoms with E-state index in [0.29, 0.717) is 22.5 Å². The topological polar surface area (TPSA) is 79.2 Å². The van der Waals surface area contributed by atoms with Crippen molar-refractivity contribution < 1.29 is 14.0 Å². The Balaban J connectivity index is 1.58. The number of likely N-dealkylation sites (N-methyl/N-ethyl adjacent to an activating group) is 1. The van der Waals surface area contributed by atoms with Crippen LogP contribution in [0.2, 0.25) is 0 Å². The Morgan fingerprint density at radius 1 is 1.16 bits per heavy atom. The number of aryl methyl sites for hydroxylation is 1. The molecule has 5 rings (SSSR count). The second kappa shape index (κ2) is 7.36. The van der Waals surface area contributed by atoms with Gasteiger partial charge in [0.05, 0.1) is 16.1 Å². The Morgan fingerprint density at radius 2 is 1.94 bits per heavy atom. The van der Waals surface area contributed by atoms with E-state index < -0.39 is 11.8 Å². The van der Waals surface area contributed by atoms with E-state index in [4.69, 9.17) is 4.42 Å². The lowest BCUT2D eigenvalue weighted by Gasteiger charge is -2.25. The minimum absolute atomic E-state index is 0.0131. The maximum absolute atomic E-state index is 12.8. The van der Waals surface area contributed by atoms with Crippen LogP contribution in [0, 0.1) is 11.3 Å². The number of thiophene rings is 1. The summed E-state index contributed by atoms with van der Waals surface area (Å²) in [7, 11) is 1.98. The molecule has 7 heteroatoms. The van der Waals surface area contributed by atoms with Gasteiger partial charge in [0.2, 0.25) is 0 Å². The van der Waals surface area contributed by atoms with Crippen LogP contribution in [0.15, 0.2) is 63.6 Å². The zero-order valence-corrected chi connectivity index (χ0v) is 18.6. The number of hydrogen-bond acceptors (Lipinski definition) is 5. The van der Waals surface area contributed by atoms with Crippen LogP contribution in [0.3, 0.4) is 0 Å². The van der Waals surface area contributed by atoms with E-state index in [0.717, 1.165) is 21.0 Å². The van der Waals surface area contributed by atoms with Crippen molar-refractivity contribution in [1.82, 2.24) is 9.47 Å². The zero-order valence-electron chi connectivity index (χ0n) is 17.8. The number of imide groups is 1. The predicted octanol–water partition coefficient (Wildman–Crippen LogP) is 5.27. The van der Waals surface area contributed by atoms with Crippen LogP contribution in [0.1, 0.15) is 19.6 Å². The van der Waals surface area contributed by atoms with E-state index in [1.807, 2.05) is 37.4 Å². The maximum Gasteiger partial charge on any atom is 0.271 e. The average Bonchev–Trinajstić information content (AvgIpc) is 3.45. The fraction of sp³-hybridized carbons (Fsp3) is 0.160. The van der Waals surface area contributed by atoms with Crippen molar-refractivity contribution in [3.05, 3.63) is 64.9 Å². The summed E-state index contributed by atoms with van der Waals surface area (Å²) in [5.74, 6) is -0.466. The molecule has 32 heavy (non-hydrogen) atoms. The molecule has 4 heterocycles. The van der Waals surface area contributed by atoms with E-state index in [9.17, 15) is 14.9 Å². The third-order valence-corrected chi connectivity index (χ3v) is 6.99. The molecule has 3 aromatic heterocycles. The summed E-state index contributed by atoms with van der Waals surface area (Å²) in [6.45, 7) is 3.53. The van der Waals surface area contributed by atoms with Gasteiger partial charge in [-0.25, -0.2) is 0 Å². The SMILES string of the molecule is CCN1C(=O)C(C#N)=C(C)/C(=C/c2cc3c(cc(-c4cc5ccccc5s4)n3C)o2)C1=O. The van der Waals surface area contributed by atoms with Gasteiger partial charge in [-0.05, 0) is 43.0 Å². The van der Waals surface area contributed by atoms with E-state index >= 15 is 0 Å². The smallest absolute Gasteiger partial charge is 0.271 e. The van der Waals surface area contributed by atoms with Gasteiger partial charge in [-0.15, -0.1) is 11.3 Å². The number of nitrogens with zero attached hydrogens (tertiary/aromatic N) is 3. The Morgan fingerprint density at radius 3 is 2.62 bits per heavy atom. The number of aromatic nitrogens is 1. The molecule has 6 nitrogen and oxygen atoms in total. The largest absolute Gasteiger partial charge is 0.455 e. The standard InChI is InChI=1S/C25H19N3O3S/c1-4-28-24(29)17(14(2)18(13-26)25(28)30)10-16-11-19-21(31-16)12-20(27(19)3)23-9-15-7-5-6-8-22(15)32-23/h5-12H,4H2,1-3H3/b17-10-. The lowest BCUT2D eigenvalue weighted by molar-refractivity contribution is -0.140. The van der Waals surface area contributed by atoms with Crippen LogP contribution < -0.4 is 0 Å². The minimum Gasteiger partial charge on any atom is -0.455 e. The number of benzene rings is 1. The van der Waals surface area contributed by atoms with Crippen LogP contribution in [-0.4, -0.2) is 27.8 Å². The summed E-state index contributed by atoms with van der Waals surface area (Å²) in [6.07, 6.45) is 1.61. The highest BCUT2D eigenvalue weighted by Crippen LogP contribution is 2.37. The van der Waals surface area contributed by atoms with Crippen LogP contribution in [-0.2, 0) is 16.6 Å². The molecule has 158 valence electrons. The zero-order chi connectivity index (χ0) is 22.6. The third-order valence-electron chi connectivity index (χ3n) is 5.86. The van der Waals surface area contributed by atoms with E-state index in [-0.39, 0.29) is 12.1 Å². The highest BCUT2D eigenvalue weighted by Gasteiger charge is 2.34. The average molecular weight is 442 g/mol. The predicted molar refractivity (Wildman–Crippen MR) is 125 cm³/mol. The van der Waals surface area contributed by atoms with Crippen molar-refractivity contribution in [3.8, 4) is 16.6 Å². The van der Waals surface area contributed by atoms with Crippen LogP contribution in [0.25, 0.3) is 37.8 Å². The molecule has 1 aliphatic rings. The molecule has 1 aliphatic heterocycles. The molecule has 2 amide bonds. The normalized spacial score (nSPS) is 16.1. The van der Waals surface area contributed by atoms with Gasteiger partial charge in [-0.2, -0.15) is 5.26 Å². The third kappa shape index (κ3) is 2.92. The molecule has 0 spiro atoms. The van der Waals surface area contributed by atoms with Crippen molar-refractivity contribution in [1.29, 1.82) is 5.26 Å². The van der Waals surface area contributed by atoms with Crippen LogP contribution >= 0.6 is 11.3 Å². The van der Waals surface area contributed by atoms with Gasteiger partial charge < -0.3 is 8.98 Å². The van der Waals surface area contributed by atoms with E-state index in [1.54, 1.807) is 31.3 Å². The van der Waals surface area contributed by atoms with Gasteiger partial charge in [-0.3, -0.25) is 14.5 Å². The van der Waals surface area contributed by atoms with Crippen molar-refractivity contribution in [2.45, 2.75) is 13.8 Å². The number of amides is 2. The fourth-order valence-electron chi connectivity index (χ4n) is 4.11. The lowest BCUT2D eigenvalue weighted by Crippen LogP contribution is -2.42. The van der Waals surface area contributed by atoms with Crippen LogP contribution in [0.5, 0.6) is 0 Å². The number of carbonyl (C=O) groups is 2. The first-order chi connectivity index (χ1) is 15.4. The first kappa shape index (κ1) is 20.0. The molecule has 0 atom stereocenters. The Kier molecular flexibility index (Phi) is 4.61. The van der Waals surface area contributed by atoms with Crippen molar-refractivity contribution in [2.75, 3.05) is 6.54 Å². The molecule has 0 bridgehead atoms. The molecule has 0 N–H and O–H groups in total. The summed E-state index contributed by atoms with van der Waals surface area (Å²) in [6, 6.07) is 16.3. The molecule has 0 radical (unpaired) electrons. The maximum atomic E-state index is 12.8. The second-order valence-corrected chi connectivity index (χ2v) is 8.74. The molecule has 0 saturated carbocycles. The number of fused-ring (bicyclic) bond motifs is 2. The molecule has 0 unspecified atom stereocenters. The van der Waals surface area contributed by atoms with Crippen molar-refractivity contribution >= 4 is 50.4 Å². The Hall–Kier alpha value is -3.89. The number of carbonyl (C=O) groups excluding carboxylic acids is 2. The second-order valence-electron chi connectivity index (χ2n) is 7.66. The summed E-state index contributed by atoms with van der Waals surface area (Å²) < 4.78 is 9.33. The van der Waals surface area contributed by atoms with Crippen molar-refractivity contribution in [3.63, 3.8) is 0 Å².